The van der Waals surface area contributed by atoms with Crippen molar-refractivity contribution >= 4 is 33.3 Å². The van der Waals surface area contributed by atoms with Crippen LogP contribution in [0.15, 0.2) is 65.6 Å². The molecular formula is C26H25N3O5S. The Bertz CT molecular complexity index is 1420. The predicted molar refractivity (Wildman–Crippen MR) is 133 cm³/mol. The van der Waals surface area contributed by atoms with Gasteiger partial charge >= 0.3 is 5.97 Å². The van der Waals surface area contributed by atoms with Crippen LogP contribution in [0.1, 0.15) is 39.5 Å². The number of rotatable bonds is 7. The molecule has 0 fully saturated rings. The van der Waals surface area contributed by atoms with E-state index in [1.54, 1.807) is 62.4 Å². The van der Waals surface area contributed by atoms with Gasteiger partial charge in [0, 0.05) is 0 Å². The minimum Gasteiger partial charge on any atom is -0.449 e. The number of sulfonamides is 1. The van der Waals surface area contributed by atoms with E-state index in [0.29, 0.717) is 16.8 Å². The standard InChI is InChI=1S/C26H25N3O5S/c1-16-13-17(2)24(18(3)14-16)35(32,33)29-23-12-8-6-10-21(23)26(31)34-19(4)25(30)28-22-11-7-5-9-20(22)15-27/h5-14,19,29H,1-4H3,(H,28,30). The summed E-state index contributed by atoms with van der Waals surface area (Å²) in [6.45, 7) is 6.68. The average Bonchev–Trinajstić information content (AvgIpc) is 2.78. The molecule has 0 saturated heterocycles. The van der Waals surface area contributed by atoms with E-state index in [4.69, 9.17) is 4.74 Å². The zero-order valence-corrected chi connectivity index (χ0v) is 20.6. The molecule has 0 bridgehead atoms. The number of hydrogen-bond acceptors (Lipinski definition) is 6. The first kappa shape index (κ1) is 25.5. The van der Waals surface area contributed by atoms with Gasteiger partial charge in [-0.1, -0.05) is 42.0 Å². The summed E-state index contributed by atoms with van der Waals surface area (Å²) in [7, 11) is -4.01. The molecule has 3 rings (SSSR count). The number of carbonyl (C=O) groups is 2. The molecular weight excluding hydrogens is 466 g/mol. The van der Waals surface area contributed by atoms with Gasteiger partial charge < -0.3 is 10.1 Å². The number of aryl methyl sites for hydroxylation is 3. The third-order valence-electron chi connectivity index (χ3n) is 5.22. The predicted octanol–water partition coefficient (Wildman–Crippen LogP) is 4.47. The molecule has 0 radical (unpaired) electrons. The molecule has 0 aliphatic rings. The van der Waals surface area contributed by atoms with E-state index >= 15 is 0 Å². The van der Waals surface area contributed by atoms with Crippen LogP contribution in [0.25, 0.3) is 0 Å². The molecule has 0 heterocycles. The summed E-state index contributed by atoms with van der Waals surface area (Å²) in [5, 5.41) is 11.7. The van der Waals surface area contributed by atoms with Crippen molar-refractivity contribution in [3.63, 3.8) is 0 Å². The molecule has 2 N–H and O–H groups in total. The maximum absolute atomic E-state index is 13.2. The monoisotopic (exact) mass is 491 g/mol. The lowest BCUT2D eigenvalue weighted by molar-refractivity contribution is -0.123. The Morgan fingerprint density at radius 3 is 2.14 bits per heavy atom. The number of nitrogens with one attached hydrogen (secondary N) is 2. The maximum Gasteiger partial charge on any atom is 0.341 e. The van der Waals surface area contributed by atoms with Gasteiger partial charge in [-0.3, -0.25) is 9.52 Å². The highest BCUT2D eigenvalue weighted by Crippen LogP contribution is 2.26. The molecule has 3 aromatic rings. The molecule has 35 heavy (non-hydrogen) atoms. The quantitative estimate of drug-likeness (QED) is 0.470. The van der Waals surface area contributed by atoms with E-state index in [1.807, 2.05) is 13.0 Å². The number of hydrogen-bond donors (Lipinski definition) is 2. The summed E-state index contributed by atoms with van der Waals surface area (Å²) in [5.74, 6) is -1.51. The Kier molecular flexibility index (Phi) is 7.57. The van der Waals surface area contributed by atoms with Crippen LogP contribution >= 0.6 is 0 Å². The third-order valence-corrected chi connectivity index (χ3v) is 6.89. The van der Waals surface area contributed by atoms with Crippen LogP contribution in [0.2, 0.25) is 0 Å². The summed E-state index contributed by atoms with van der Waals surface area (Å²) >= 11 is 0. The van der Waals surface area contributed by atoms with Gasteiger partial charge in [0.2, 0.25) is 0 Å². The normalized spacial score (nSPS) is 11.7. The highest BCUT2D eigenvalue weighted by Gasteiger charge is 2.25. The molecule has 8 nitrogen and oxygen atoms in total. The smallest absolute Gasteiger partial charge is 0.341 e. The Morgan fingerprint density at radius 1 is 0.943 bits per heavy atom. The number of benzene rings is 3. The minimum absolute atomic E-state index is 0.0271. The zero-order valence-electron chi connectivity index (χ0n) is 19.7. The Labute approximate surface area is 204 Å². The van der Waals surface area contributed by atoms with Crippen molar-refractivity contribution < 1.29 is 22.7 Å². The van der Waals surface area contributed by atoms with Gasteiger partial charge in [0.15, 0.2) is 6.10 Å². The fraction of sp³-hybridized carbons (Fsp3) is 0.192. The molecule has 0 aliphatic carbocycles. The molecule has 0 spiro atoms. The average molecular weight is 492 g/mol. The second-order valence-electron chi connectivity index (χ2n) is 8.07. The van der Waals surface area contributed by atoms with Gasteiger partial charge in [0.1, 0.15) is 6.07 Å². The lowest BCUT2D eigenvalue weighted by Gasteiger charge is -2.17. The van der Waals surface area contributed by atoms with Crippen molar-refractivity contribution in [3.05, 3.63) is 88.5 Å². The number of amides is 1. The molecule has 0 aliphatic heterocycles. The fourth-order valence-corrected chi connectivity index (χ4v) is 5.27. The van der Waals surface area contributed by atoms with Gasteiger partial charge in [-0.25, -0.2) is 13.2 Å². The maximum atomic E-state index is 13.2. The number of esters is 1. The van der Waals surface area contributed by atoms with Gasteiger partial charge in [-0.05, 0) is 63.1 Å². The van der Waals surface area contributed by atoms with E-state index in [-0.39, 0.29) is 21.7 Å². The number of nitriles is 1. The van der Waals surface area contributed by atoms with Crippen LogP contribution in [-0.2, 0) is 19.6 Å². The molecule has 3 aromatic carbocycles. The Balaban J connectivity index is 1.80. The van der Waals surface area contributed by atoms with Gasteiger partial charge in [0.25, 0.3) is 15.9 Å². The molecule has 9 heteroatoms. The second kappa shape index (κ2) is 10.4. The van der Waals surface area contributed by atoms with Crippen molar-refractivity contribution in [1.29, 1.82) is 5.26 Å². The van der Waals surface area contributed by atoms with Crippen molar-refractivity contribution in [2.45, 2.75) is 38.7 Å². The lowest BCUT2D eigenvalue weighted by atomic mass is 10.1. The Morgan fingerprint density at radius 2 is 1.51 bits per heavy atom. The van der Waals surface area contributed by atoms with Crippen LogP contribution in [-0.4, -0.2) is 26.4 Å². The molecule has 1 atom stereocenters. The van der Waals surface area contributed by atoms with E-state index in [9.17, 15) is 23.3 Å². The number of carbonyl (C=O) groups excluding carboxylic acids is 2. The largest absolute Gasteiger partial charge is 0.449 e. The number of nitrogens with zero attached hydrogens (tertiary/aromatic N) is 1. The first-order chi connectivity index (χ1) is 16.5. The SMILES string of the molecule is Cc1cc(C)c(S(=O)(=O)Nc2ccccc2C(=O)OC(C)C(=O)Nc2ccccc2C#N)c(C)c1. The lowest BCUT2D eigenvalue weighted by Crippen LogP contribution is -2.30. The van der Waals surface area contributed by atoms with Crippen LogP contribution in [0.5, 0.6) is 0 Å². The molecule has 1 unspecified atom stereocenters. The summed E-state index contributed by atoms with van der Waals surface area (Å²) in [4.78, 5) is 25.5. The van der Waals surface area contributed by atoms with Gasteiger partial charge in [-0.2, -0.15) is 5.26 Å². The molecule has 0 saturated carbocycles. The first-order valence-electron chi connectivity index (χ1n) is 10.7. The number of para-hydroxylation sites is 2. The van der Waals surface area contributed by atoms with Gasteiger partial charge in [-0.15, -0.1) is 0 Å². The summed E-state index contributed by atoms with van der Waals surface area (Å²) in [5.41, 5.74) is 2.64. The molecule has 180 valence electrons. The van der Waals surface area contributed by atoms with Crippen LogP contribution in [0.3, 0.4) is 0 Å². The number of anilines is 2. The fourth-order valence-electron chi connectivity index (χ4n) is 3.74. The summed E-state index contributed by atoms with van der Waals surface area (Å²) in [6, 6.07) is 17.9. The highest BCUT2D eigenvalue weighted by atomic mass is 32.2. The van der Waals surface area contributed by atoms with Crippen molar-refractivity contribution in [2.24, 2.45) is 0 Å². The Hall–Kier alpha value is -4.16. The van der Waals surface area contributed by atoms with E-state index in [0.717, 1.165) is 5.56 Å². The molecule has 1 amide bonds. The highest BCUT2D eigenvalue weighted by molar-refractivity contribution is 7.92. The van der Waals surface area contributed by atoms with E-state index in [1.165, 1.54) is 19.1 Å². The van der Waals surface area contributed by atoms with Crippen LogP contribution in [0.4, 0.5) is 11.4 Å². The van der Waals surface area contributed by atoms with E-state index < -0.39 is 28.0 Å². The summed E-state index contributed by atoms with van der Waals surface area (Å²) in [6.07, 6.45) is -1.21. The van der Waals surface area contributed by atoms with Gasteiger partial charge in [0.05, 0.1) is 27.4 Å². The minimum atomic E-state index is -4.01. The number of ether oxygens (including phenoxy) is 1. The van der Waals surface area contributed by atoms with Crippen molar-refractivity contribution in [1.82, 2.24) is 0 Å². The topological polar surface area (TPSA) is 125 Å². The van der Waals surface area contributed by atoms with Crippen LogP contribution in [0, 0.1) is 32.1 Å². The van der Waals surface area contributed by atoms with Crippen molar-refractivity contribution in [3.8, 4) is 6.07 Å². The first-order valence-corrected chi connectivity index (χ1v) is 12.2. The summed E-state index contributed by atoms with van der Waals surface area (Å²) < 4.78 is 34.1. The third kappa shape index (κ3) is 5.86. The van der Waals surface area contributed by atoms with Crippen molar-refractivity contribution in [2.75, 3.05) is 10.0 Å². The molecule has 0 aromatic heterocycles. The zero-order chi connectivity index (χ0) is 25.8. The second-order valence-corrected chi connectivity index (χ2v) is 9.69. The van der Waals surface area contributed by atoms with Crippen LogP contribution < -0.4 is 10.0 Å². The van der Waals surface area contributed by atoms with E-state index in [2.05, 4.69) is 10.0 Å².